The highest BCUT2D eigenvalue weighted by molar-refractivity contribution is 9.10. The molecule has 0 heterocycles. The van der Waals surface area contributed by atoms with Gasteiger partial charge in [0.15, 0.2) is 0 Å². The van der Waals surface area contributed by atoms with E-state index in [1.54, 1.807) is 17.8 Å². The molecular formula is C15H19BrOS2. The van der Waals surface area contributed by atoms with E-state index in [0.29, 0.717) is 0 Å². The summed E-state index contributed by atoms with van der Waals surface area (Å²) in [4.78, 5) is 0. The maximum Gasteiger partial charge on any atom is 0.124 e. The van der Waals surface area contributed by atoms with Gasteiger partial charge in [-0.2, -0.15) is 0 Å². The highest BCUT2D eigenvalue weighted by Crippen LogP contribution is 2.18. The second-order valence-corrected chi connectivity index (χ2v) is 7.02. The number of hydrogen-bond donors (Lipinski definition) is 1. The van der Waals surface area contributed by atoms with E-state index in [4.69, 9.17) is 12.2 Å². The second-order valence-electron chi connectivity index (χ2n) is 4.26. The van der Waals surface area contributed by atoms with Gasteiger partial charge in [-0.3, -0.25) is 0 Å². The van der Waals surface area contributed by atoms with E-state index in [0.717, 1.165) is 20.0 Å². The van der Waals surface area contributed by atoms with Gasteiger partial charge in [-0.05, 0) is 24.3 Å². The Kier molecular flexibility index (Phi) is 8.42. The van der Waals surface area contributed by atoms with Crippen LogP contribution in [0.15, 0.2) is 34.8 Å². The van der Waals surface area contributed by atoms with Crippen LogP contribution >= 0.6 is 39.9 Å². The number of thiocarbonyl (C=S) groups is 1. The summed E-state index contributed by atoms with van der Waals surface area (Å²) in [5, 5.41) is 9.97. The number of rotatable bonds is 7. The van der Waals surface area contributed by atoms with Crippen LogP contribution < -0.4 is 0 Å². The van der Waals surface area contributed by atoms with Crippen molar-refractivity contribution in [2.75, 3.05) is 5.75 Å². The van der Waals surface area contributed by atoms with Crippen LogP contribution in [0.4, 0.5) is 0 Å². The number of aliphatic hydroxyl groups excluding tert-OH is 1. The first-order chi connectivity index (χ1) is 9.13. The number of unbranched alkanes of at least 4 members (excludes halogenated alkanes) is 3. The van der Waals surface area contributed by atoms with Crippen LogP contribution in [-0.4, -0.2) is 15.1 Å². The minimum Gasteiger partial charge on any atom is -0.507 e. The van der Waals surface area contributed by atoms with Crippen molar-refractivity contribution in [3.05, 3.63) is 40.4 Å². The van der Waals surface area contributed by atoms with Crippen molar-refractivity contribution < 1.29 is 5.11 Å². The van der Waals surface area contributed by atoms with Gasteiger partial charge in [0.2, 0.25) is 0 Å². The predicted molar refractivity (Wildman–Crippen MR) is 93.9 cm³/mol. The largest absolute Gasteiger partial charge is 0.507 e. The van der Waals surface area contributed by atoms with Gasteiger partial charge in [-0.1, -0.05) is 66.5 Å². The van der Waals surface area contributed by atoms with Crippen LogP contribution in [0.3, 0.4) is 0 Å². The van der Waals surface area contributed by atoms with Crippen LogP contribution in [0.1, 0.15) is 38.2 Å². The fourth-order valence-corrected chi connectivity index (χ4v) is 2.93. The minimum absolute atomic E-state index is 0.235. The van der Waals surface area contributed by atoms with Crippen LogP contribution in [0.25, 0.3) is 5.76 Å². The van der Waals surface area contributed by atoms with Crippen molar-refractivity contribution in [1.29, 1.82) is 0 Å². The Hall–Kier alpha value is -0.320. The molecule has 4 heteroatoms. The van der Waals surface area contributed by atoms with Crippen LogP contribution in [-0.2, 0) is 0 Å². The fraction of sp³-hybridized carbons (Fsp3) is 0.400. The Bertz CT molecular complexity index is 426. The van der Waals surface area contributed by atoms with Crippen LogP contribution in [0.2, 0.25) is 0 Å². The molecule has 0 spiro atoms. The molecule has 0 fully saturated rings. The summed E-state index contributed by atoms with van der Waals surface area (Å²) in [6.07, 6.45) is 6.65. The fourth-order valence-electron chi connectivity index (χ4n) is 1.56. The summed E-state index contributed by atoms with van der Waals surface area (Å²) in [5.41, 5.74) is 0.789. The summed E-state index contributed by atoms with van der Waals surface area (Å²) in [6.45, 7) is 2.21. The Morgan fingerprint density at radius 2 is 1.95 bits per heavy atom. The molecule has 0 saturated heterocycles. The third-order valence-electron chi connectivity index (χ3n) is 2.64. The van der Waals surface area contributed by atoms with Gasteiger partial charge in [0, 0.05) is 16.1 Å². The summed E-state index contributed by atoms with van der Waals surface area (Å²) in [6, 6.07) is 7.54. The molecule has 0 atom stereocenters. The zero-order valence-electron chi connectivity index (χ0n) is 11.1. The molecule has 0 amide bonds. The zero-order chi connectivity index (χ0) is 14.1. The third kappa shape index (κ3) is 7.14. The van der Waals surface area contributed by atoms with Gasteiger partial charge in [0.1, 0.15) is 5.76 Å². The molecule has 0 radical (unpaired) electrons. The molecule has 0 saturated carbocycles. The van der Waals surface area contributed by atoms with E-state index < -0.39 is 0 Å². The molecule has 1 rings (SSSR count). The molecule has 0 aliphatic rings. The lowest BCUT2D eigenvalue weighted by atomic mass is 10.2. The normalized spacial score (nSPS) is 11.6. The van der Waals surface area contributed by atoms with Crippen molar-refractivity contribution in [3.8, 4) is 0 Å². The van der Waals surface area contributed by atoms with Gasteiger partial charge < -0.3 is 5.11 Å². The van der Waals surface area contributed by atoms with Crippen molar-refractivity contribution in [2.24, 2.45) is 0 Å². The highest BCUT2D eigenvalue weighted by atomic mass is 79.9. The molecule has 0 unspecified atom stereocenters. The SMILES string of the molecule is CCCCCCSC(=S)/C=C(\O)c1ccc(Br)cc1. The molecule has 1 aromatic carbocycles. The van der Waals surface area contributed by atoms with Crippen molar-refractivity contribution >= 4 is 49.9 Å². The molecule has 1 nitrogen and oxygen atoms in total. The van der Waals surface area contributed by atoms with E-state index in [-0.39, 0.29) is 5.76 Å². The van der Waals surface area contributed by atoms with Gasteiger partial charge in [0.25, 0.3) is 0 Å². The molecular weight excluding hydrogens is 340 g/mol. The average molecular weight is 359 g/mol. The monoisotopic (exact) mass is 358 g/mol. The smallest absolute Gasteiger partial charge is 0.124 e. The van der Waals surface area contributed by atoms with Gasteiger partial charge >= 0.3 is 0 Å². The van der Waals surface area contributed by atoms with E-state index in [9.17, 15) is 5.11 Å². The number of aliphatic hydroxyl groups is 1. The van der Waals surface area contributed by atoms with Crippen molar-refractivity contribution in [1.82, 2.24) is 0 Å². The van der Waals surface area contributed by atoms with Crippen LogP contribution in [0.5, 0.6) is 0 Å². The van der Waals surface area contributed by atoms with E-state index >= 15 is 0 Å². The molecule has 0 aromatic heterocycles. The average Bonchev–Trinajstić information content (AvgIpc) is 2.39. The first-order valence-corrected chi connectivity index (χ1v) is 8.65. The number of halogens is 1. The lowest BCUT2D eigenvalue weighted by Crippen LogP contribution is -1.90. The highest BCUT2D eigenvalue weighted by Gasteiger charge is 2.01. The zero-order valence-corrected chi connectivity index (χ0v) is 14.3. The number of thioether (sulfide) groups is 1. The molecule has 1 aromatic rings. The number of hydrogen-bond acceptors (Lipinski definition) is 3. The number of benzene rings is 1. The molecule has 1 N–H and O–H groups in total. The minimum atomic E-state index is 0.235. The summed E-state index contributed by atoms with van der Waals surface area (Å²) < 4.78 is 1.74. The molecule has 19 heavy (non-hydrogen) atoms. The van der Waals surface area contributed by atoms with Crippen LogP contribution in [0, 0.1) is 0 Å². The Balaban J connectivity index is 2.40. The molecule has 0 aliphatic carbocycles. The topological polar surface area (TPSA) is 20.2 Å². The summed E-state index contributed by atoms with van der Waals surface area (Å²) in [5.74, 6) is 1.27. The first-order valence-electron chi connectivity index (χ1n) is 6.47. The Labute approximate surface area is 133 Å². The van der Waals surface area contributed by atoms with E-state index in [1.165, 1.54) is 25.7 Å². The maximum absolute atomic E-state index is 9.97. The molecule has 0 aliphatic heterocycles. The first kappa shape index (κ1) is 16.7. The standard InChI is InChI=1S/C15H19BrOS2/c1-2-3-4-5-10-19-15(18)11-14(17)12-6-8-13(16)9-7-12/h6-9,11,17H,2-5,10H2,1H3/b14-11-. The van der Waals surface area contributed by atoms with Crippen molar-refractivity contribution in [2.45, 2.75) is 32.6 Å². The summed E-state index contributed by atoms with van der Waals surface area (Å²) >= 11 is 10.3. The molecule has 104 valence electrons. The Morgan fingerprint density at radius 3 is 2.58 bits per heavy atom. The second kappa shape index (κ2) is 9.56. The Morgan fingerprint density at radius 1 is 1.26 bits per heavy atom. The van der Waals surface area contributed by atoms with Gasteiger partial charge in [-0.15, -0.1) is 11.8 Å². The van der Waals surface area contributed by atoms with Gasteiger partial charge in [0.05, 0.1) is 4.20 Å². The third-order valence-corrected chi connectivity index (χ3v) is 4.53. The van der Waals surface area contributed by atoms with Gasteiger partial charge in [-0.25, -0.2) is 0 Å². The molecule has 0 bridgehead atoms. The van der Waals surface area contributed by atoms with E-state index in [1.807, 2.05) is 24.3 Å². The lowest BCUT2D eigenvalue weighted by molar-refractivity contribution is 0.512. The quantitative estimate of drug-likeness (QED) is 0.279. The van der Waals surface area contributed by atoms with Crippen molar-refractivity contribution in [3.63, 3.8) is 0 Å². The van der Waals surface area contributed by atoms with E-state index in [2.05, 4.69) is 22.9 Å². The predicted octanol–water partition coefficient (Wildman–Crippen LogP) is 5.99. The maximum atomic E-state index is 9.97. The lowest BCUT2D eigenvalue weighted by Gasteiger charge is -2.02. The summed E-state index contributed by atoms with van der Waals surface area (Å²) in [7, 11) is 0.